The highest BCUT2D eigenvalue weighted by molar-refractivity contribution is 7.22. The average Bonchev–Trinajstić information content (AvgIpc) is 3.30. The summed E-state index contributed by atoms with van der Waals surface area (Å²) in [6.07, 6.45) is 3.74. The van der Waals surface area contributed by atoms with E-state index < -0.39 is 0 Å². The molecule has 0 amide bonds. The van der Waals surface area contributed by atoms with Crippen LogP contribution >= 0.6 is 11.3 Å². The SMILES string of the molecule is COc1cc(C)cc2cc(-c3cc(CN4CCC[C@H](N)C4)n4ncnc(N)c34)sc12. The van der Waals surface area contributed by atoms with E-state index in [1.807, 2.05) is 4.52 Å². The Bertz CT molecular complexity index is 1230. The van der Waals surface area contributed by atoms with Gasteiger partial charge in [-0.25, -0.2) is 9.50 Å². The molecule has 1 fully saturated rings. The fourth-order valence-corrected chi connectivity index (χ4v) is 5.60. The van der Waals surface area contributed by atoms with Crippen molar-refractivity contribution >= 4 is 32.8 Å². The van der Waals surface area contributed by atoms with Crippen molar-refractivity contribution in [2.45, 2.75) is 32.4 Å². The summed E-state index contributed by atoms with van der Waals surface area (Å²) in [7, 11) is 1.72. The summed E-state index contributed by atoms with van der Waals surface area (Å²) in [5.74, 6) is 1.39. The zero-order valence-electron chi connectivity index (χ0n) is 17.3. The minimum absolute atomic E-state index is 0.238. The molecule has 7 nitrogen and oxygen atoms in total. The number of nitrogen functional groups attached to an aromatic ring is 1. The number of nitrogens with two attached hydrogens (primary N) is 2. The number of nitrogens with zero attached hydrogens (tertiary/aromatic N) is 4. The molecular weight excluding hydrogens is 396 g/mol. The highest BCUT2D eigenvalue weighted by Gasteiger charge is 2.22. The number of anilines is 1. The number of aromatic nitrogens is 3. The molecule has 1 atom stereocenters. The molecular formula is C22H26N6OS. The fraction of sp³-hybridized carbons (Fsp3) is 0.364. The minimum atomic E-state index is 0.238. The van der Waals surface area contributed by atoms with Crippen molar-refractivity contribution in [3.8, 4) is 16.2 Å². The molecule has 1 aliphatic heterocycles. The largest absolute Gasteiger partial charge is 0.495 e. The molecule has 0 bridgehead atoms. The number of rotatable bonds is 4. The first-order valence-electron chi connectivity index (χ1n) is 10.2. The maximum atomic E-state index is 6.31. The summed E-state index contributed by atoms with van der Waals surface area (Å²) >= 11 is 1.71. The van der Waals surface area contributed by atoms with Gasteiger partial charge in [-0.3, -0.25) is 4.90 Å². The van der Waals surface area contributed by atoms with Gasteiger partial charge in [0.1, 0.15) is 17.6 Å². The predicted octanol–water partition coefficient (Wildman–Crippen LogP) is 3.43. The van der Waals surface area contributed by atoms with E-state index in [-0.39, 0.29) is 6.04 Å². The van der Waals surface area contributed by atoms with E-state index in [9.17, 15) is 0 Å². The molecule has 0 unspecified atom stereocenters. The molecule has 0 saturated carbocycles. The summed E-state index contributed by atoms with van der Waals surface area (Å²) in [5.41, 5.74) is 16.7. The maximum absolute atomic E-state index is 6.31. The van der Waals surface area contributed by atoms with Crippen LogP contribution in [0.2, 0.25) is 0 Å². The highest BCUT2D eigenvalue weighted by Crippen LogP contribution is 2.42. The van der Waals surface area contributed by atoms with Crippen molar-refractivity contribution in [3.05, 3.63) is 41.9 Å². The lowest BCUT2D eigenvalue weighted by Crippen LogP contribution is -2.42. The van der Waals surface area contributed by atoms with Gasteiger partial charge in [0.2, 0.25) is 0 Å². The van der Waals surface area contributed by atoms with E-state index in [1.54, 1.807) is 18.4 Å². The molecule has 156 valence electrons. The molecule has 30 heavy (non-hydrogen) atoms. The number of fused-ring (bicyclic) bond motifs is 2. The van der Waals surface area contributed by atoms with Gasteiger partial charge in [-0.1, -0.05) is 6.07 Å². The molecule has 8 heteroatoms. The third-order valence-corrected chi connectivity index (χ3v) is 6.99. The van der Waals surface area contributed by atoms with Crippen LogP contribution in [0.5, 0.6) is 5.75 Å². The van der Waals surface area contributed by atoms with Crippen LogP contribution in [-0.4, -0.2) is 45.7 Å². The molecule has 0 radical (unpaired) electrons. The third-order valence-electron chi connectivity index (χ3n) is 5.80. The Labute approximate surface area is 179 Å². The van der Waals surface area contributed by atoms with Gasteiger partial charge >= 0.3 is 0 Å². The van der Waals surface area contributed by atoms with Crippen LogP contribution in [-0.2, 0) is 6.54 Å². The van der Waals surface area contributed by atoms with Crippen molar-refractivity contribution in [2.75, 3.05) is 25.9 Å². The van der Waals surface area contributed by atoms with Gasteiger partial charge in [-0.2, -0.15) is 5.10 Å². The number of ether oxygens (including phenoxy) is 1. The minimum Gasteiger partial charge on any atom is -0.495 e. The lowest BCUT2D eigenvalue weighted by molar-refractivity contribution is 0.198. The number of hydrogen-bond acceptors (Lipinski definition) is 7. The molecule has 0 aliphatic carbocycles. The van der Waals surface area contributed by atoms with E-state index in [0.29, 0.717) is 5.82 Å². The fourth-order valence-electron chi connectivity index (χ4n) is 4.45. The Hall–Kier alpha value is -2.68. The Morgan fingerprint density at radius 3 is 2.93 bits per heavy atom. The molecule has 0 spiro atoms. The molecule has 3 aromatic heterocycles. The van der Waals surface area contributed by atoms with Crippen molar-refractivity contribution in [1.29, 1.82) is 0 Å². The third kappa shape index (κ3) is 3.30. The Morgan fingerprint density at radius 2 is 2.13 bits per heavy atom. The quantitative estimate of drug-likeness (QED) is 0.523. The van der Waals surface area contributed by atoms with E-state index in [0.717, 1.165) is 64.6 Å². The van der Waals surface area contributed by atoms with E-state index in [4.69, 9.17) is 16.2 Å². The number of methoxy groups -OCH3 is 1. The van der Waals surface area contributed by atoms with Crippen molar-refractivity contribution in [3.63, 3.8) is 0 Å². The Kier molecular flexibility index (Phi) is 4.85. The van der Waals surface area contributed by atoms with Crippen LogP contribution in [0.1, 0.15) is 24.1 Å². The number of hydrogen-bond donors (Lipinski definition) is 2. The van der Waals surface area contributed by atoms with E-state index in [2.05, 4.69) is 46.2 Å². The van der Waals surface area contributed by atoms with Crippen LogP contribution in [0.15, 0.2) is 30.6 Å². The maximum Gasteiger partial charge on any atom is 0.152 e. The van der Waals surface area contributed by atoms with Gasteiger partial charge in [-0.15, -0.1) is 11.3 Å². The van der Waals surface area contributed by atoms with Crippen molar-refractivity contribution < 1.29 is 4.74 Å². The monoisotopic (exact) mass is 422 g/mol. The topological polar surface area (TPSA) is 94.7 Å². The molecule has 1 aliphatic rings. The first kappa shape index (κ1) is 19.3. The van der Waals surface area contributed by atoms with Crippen LogP contribution < -0.4 is 16.2 Å². The summed E-state index contributed by atoms with van der Waals surface area (Å²) in [4.78, 5) is 7.79. The van der Waals surface area contributed by atoms with Crippen LogP contribution in [0.25, 0.3) is 26.0 Å². The zero-order chi connectivity index (χ0) is 20.8. The number of piperidine rings is 1. The normalized spacial score (nSPS) is 17.8. The molecule has 4 N–H and O–H groups in total. The van der Waals surface area contributed by atoms with Gasteiger partial charge in [0.05, 0.1) is 17.5 Å². The molecule has 4 heterocycles. The van der Waals surface area contributed by atoms with E-state index >= 15 is 0 Å². The molecule has 1 saturated heterocycles. The number of thiophene rings is 1. The standard InChI is InChI=1S/C22H26N6OS/c1-13-6-14-8-19(30-21(14)18(7-13)29-2)17-9-16(11-27-5-3-4-15(23)10-27)28-20(17)22(24)25-12-26-28/h6-9,12,15H,3-5,10-11,23H2,1-2H3,(H2,24,25,26)/t15-/m0/s1. The van der Waals surface area contributed by atoms with Gasteiger partial charge in [0.15, 0.2) is 5.82 Å². The van der Waals surface area contributed by atoms with Gasteiger partial charge in [-0.05, 0) is 55.5 Å². The number of likely N-dealkylation sites (tertiary alicyclic amines) is 1. The second kappa shape index (κ2) is 7.54. The molecule has 1 aromatic carbocycles. The van der Waals surface area contributed by atoms with Crippen molar-refractivity contribution in [2.24, 2.45) is 5.73 Å². The second-order valence-electron chi connectivity index (χ2n) is 8.09. The summed E-state index contributed by atoms with van der Waals surface area (Å²) in [6.45, 7) is 4.83. The van der Waals surface area contributed by atoms with E-state index in [1.165, 1.54) is 17.3 Å². The Balaban J connectivity index is 1.63. The molecule has 4 aromatic rings. The first-order chi connectivity index (χ1) is 14.5. The van der Waals surface area contributed by atoms with Crippen molar-refractivity contribution in [1.82, 2.24) is 19.5 Å². The second-order valence-corrected chi connectivity index (χ2v) is 9.14. The average molecular weight is 423 g/mol. The first-order valence-corrected chi connectivity index (χ1v) is 11.0. The van der Waals surface area contributed by atoms with Gasteiger partial charge in [0, 0.05) is 29.6 Å². The lowest BCUT2D eigenvalue weighted by Gasteiger charge is -2.30. The lowest BCUT2D eigenvalue weighted by atomic mass is 10.1. The summed E-state index contributed by atoms with van der Waals surface area (Å²) in [5, 5.41) is 5.69. The zero-order valence-corrected chi connectivity index (χ0v) is 18.1. The smallest absolute Gasteiger partial charge is 0.152 e. The summed E-state index contributed by atoms with van der Waals surface area (Å²) < 4.78 is 8.69. The number of aryl methyl sites for hydroxylation is 1. The van der Waals surface area contributed by atoms with Crippen LogP contribution in [0.3, 0.4) is 0 Å². The number of benzene rings is 1. The van der Waals surface area contributed by atoms with Gasteiger partial charge in [0.25, 0.3) is 0 Å². The highest BCUT2D eigenvalue weighted by atomic mass is 32.1. The van der Waals surface area contributed by atoms with Crippen LogP contribution in [0, 0.1) is 6.92 Å². The van der Waals surface area contributed by atoms with Gasteiger partial charge < -0.3 is 16.2 Å². The van der Waals surface area contributed by atoms with Crippen LogP contribution in [0.4, 0.5) is 5.82 Å². The Morgan fingerprint density at radius 1 is 1.27 bits per heavy atom. The molecule has 5 rings (SSSR count). The predicted molar refractivity (Wildman–Crippen MR) is 122 cm³/mol. The summed E-state index contributed by atoms with van der Waals surface area (Å²) in [6, 6.07) is 8.90.